The summed E-state index contributed by atoms with van der Waals surface area (Å²) in [5.74, 6) is 1.24. The molecule has 1 rings (SSSR count). The van der Waals surface area contributed by atoms with Crippen LogP contribution in [0.2, 0.25) is 0 Å². The number of hydrogen-bond acceptors (Lipinski definition) is 0. The molecule has 84 valence electrons. The SMILES string of the molecule is CC1/C=C\C=C/CCC(C(C)(C)C)/C=C\1. The van der Waals surface area contributed by atoms with E-state index in [0.29, 0.717) is 17.3 Å². The highest BCUT2D eigenvalue weighted by atomic mass is 14.3. The summed E-state index contributed by atoms with van der Waals surface area (Å²) < 4.78 is 0. The fourth-order valence-electron chi connectivity index (χ4n) is 1.88. The Kier molecular flexibility index (Phi) is 4.38. The van der Waals surface area contributed by atoms with Gasteiger partial charge in [0.05, 0.1) is 0 Å². The quantitative estimate of drug-likeness (QED) is 0.500. The largest absolute Gasteiger partial charge is 0.0845 e. The molecule has 0 aromatic carbocycles. The van der Waals surface area contributed by atoms with Crippen molar-refractivity contribution in [3.63, 3.8) is 0 Å². The van der Waals surface area contributed by atoms with E-state index in [1.54, 1.807) is 0 Å². The summed E-state index contributed by atoms with van der Waals surface area (Å²) in [6.07, 6.45) is 16.1. The van der Waals surface area contributed by atoms with Gasteiger partial charge in [0.15, 0.2) is 0 Å². The van der Waals surface area contributed by atoms with Crippen molar-refractivity contribution in [3.8, 4) is 0 Å². The van der Waals surface area contributed by atoms with Crippen LogP contribution in [0.3, 0.4) is 0 Å². The van der Waals surface area contributed by atoms with Crippen LogP contribution < -0.4 is 0 Å². The summed E-state index contributed by atoms with van der Waals surface area (Å²) in [5.41, 5.74) is 0.382. The lowest BCUT2D eigenvalue weighted by Gasteiger charge is -2.28. The van der Waals surface area contributed by atoms with E-state index in [-0.39, 0.29) is 0 Å². The average Bonchev–Trinajstić information content (AvgIpc) is 2.14. The fraction of sp³-hybridized carbons (Fsp3) is 0.600. The summed E-state index contributed by atoms with van der Waals surface area (Å²) in [7, 11) is 0. The third-order valence-corrected chi connectivity index (χ3v) is 3.07. The third kappa shape index (κ3) is 4.51. The summed E-state index contributed by atoms with van der Waals surface area (Å²) >= 11 is 0. The van der Waals surface area contributed by atoms with Gasteiger partial charge in [0, 0.05) is 0 Å². The molecular weight excluding hydrogens is 180 g/mol. The molecule has 0 saturated heterocycles. The molecule has 0 bridgehead atoms. The highest BCUT2D eigenvalue weighted by molar-refractivity contribution is 5.10. The van der Waals surface area contributed by atoms with Gasteiger partial charge in [-0.1, -0.05) is 64.2 Å². The van der Waals surface area contributed by atoms with Crippen molar-refractivity contribution in [2.45, 2.75) is 40.5 Å². The predicted octanol–water partition coefficient (Wildman–Crippen LogP) is 4.75. The molecule has 0 N–H and O–H groups in total. The van der Waals surface area contributed by atoms with Crippen LogP contribution in [0.5, 0.6) is 0 Å². The van der Waals surface area contributed by atoms with Gasteiger partial charge in [0.1, 0.15) is 0 Å². The minimum atomic E-state index is 0.382. The Morgan fingerprint density at radius 3 is 2.40 bits per heavy atom. The van der Waals surface area contributed by atoms with E-state index >= 15 is 0 Å². The van der Waals surface area contributed by atoms with Crippen LogP contribution >= 0.6 is 0 Å². The molecule has 2 unspecified atom stereocenters. The molecule has 1 aliphatic carbocycles. The van der Waals surface area contributed by atoms with E-state index in [0.717, 1.165) is 0 Å². The van der Waals surface area contributed by atoms with E-state index in [2.05, 4.69) is 64.2 Å². The molecule has 0 aromatic rings. The molecule has 0 heterocycles. The monoisotopic (exact) mass is 204 g/mol. The molecule has 2 atom stereocenters. The molecular formula is C15H24. The first kappa shape index (κ1) is 12.3. The van der Waals surface area contributed by atoms with Crippen molar-refractivity contribution in [2.24, 2.45) is 17.3 Å². The molecule has 1 aliphatic rings. The molecule has 15 heavy (non-hydrogen) atoms. The molecule has 0 radical (unpaired) electrons. The van der Waals surface area contributed by atoms with Crippen LogP contribution in [0.15, 0.2) is 36.5 Å². The zero-order valence-corrected chi connectivity index (χ0v) is 10.5. The predicted molar refractivity (Wildman–Crippen MR) is 68.8 cm³/mol. The Morgan fingerprint density at radius 1 is 1.00 bits per heavy atom. The maximum atomic E-state index is 2.41. The van der Waals surface area contributed by atoms with Crippen molar-refractivity contribution in [1.82, 2.24) is 0 Å². The lowest BCUT2D eigenvalue weighted by atomic mass is 9.77. The first-order chi connectivity index (χ1) is 7.00. The van der Waals surface area contributed by atoms with Crippen LogP contribution in [-0.4, -0.2) is 0 Å². The first-order valence-electron chi connectivity index (χ1n) is 6.02. The molecule has 0 nitrogen and oxygen atoms in total. The molecule has 0 saturated carbocycles. The second kappa shape index (κ2) is 5.34. The minimum Gasteiger partial charge on any atom is -0.0845 e. The van der Waals surface area contributed by atoms with E-state index < -0.39 is 0 Å². The Hall–Kier alpha value is -0.780. The van der Waals surface area contributed by atoms with Crippen molar-refractivity contribution < 1.29 is 0 Å². The van der Waals surface area contributed by atoms with Gasteiger partial charge in [0.25, 0.3) is 0 Å². The molecule has 0 heteroatoms. The molecule has 0 spiro atoms. The van der Waals surface area contributed by atoms with Crippen LogP contribution in [0, 0.1) is 17.3 Å². The van der Waals surface area contributed by atoms with Gasteiger partial charge in [-0.25, -0.2) is 0 Å². The summed E-state index contributed by atoms with van der Waals surface area (Å²) in [6, 6.07) is 0. The number of allylic oxidation sites excluding steroid dienone is 6. The number of hydrogen-bond donors (Lipinski definition) is 0. The normalized spacial score (nSPS) is 34.4. The Balaban J connectivity index is 2.78. The zero-order valence-electron chi connectivity index (χ0n) is 10.5. The Morgan fingerprint density at radius 2 is 1.73 bits per heavy atom. The van der Waals surface area contributed by atoms with Gasteiger partial charge in [-0.15, -0.1) is 0 Å². The fourth-order valence-corrected chi connectivity index (χ4v) is 1.88. The lowest BCUT2D eigenvalue weighted by molar-refractivity contribution is 0.279. The van der Waals surface area contributed by atoms with Gasteiger partial charge in [-0.3, -0.25) is 0 Å². The lowest BCUT2D eigenvalue weighted by Crippen LogP contribution is -2.18. The van der Waals surface area contributed by atoms with Gasteiger partial charge < -0.3 is 0 Å². The van der Waals surface area contributed by atoms with Gasteiger partial charge in [0.2, 0.25) is 0 Å². The summed E-state index contributed by atoms with van der Waals surface area (Å²) in [5, 5.41) is 0. The molecule has 0 aliphatic heterocycles. The third-order valence-electron chi connectivity index (χ3n) is 3.07. The Bertz CT molecular complexity index is 260. The first-order valence-corrected chi connectivity index (χ1v) is 6.02. The topological polar surface area (TPSA) is 0 Å². The van der Waals surface area contributed by atoms with E-state index in [4.69, 9.17) is 0 Å². The standard InChI is InChI=1S/C15H24/c1-13-9-7-5-6-8-10-14(12-11-13)15(2,3)4/h5-7,9,11-14H,8,10H2,1-4H3/b6-5-,9-7-,12-11-. The zero-order chi connectivity index (χ0) is 11.3. The van der Waals surface area contributed by atoms with Gasteiger partial charge in [-0.05, 0) is 30.1 Å². The second-order valence-electron chi connectivity index (χ2n) is 5.61. The highest BCUT2D eigenvalue weighted by Gasteiger charge is 2.21. The van der Waals surface area contributed by atoms with E-state index in [1.807, 2.05) is 0 Å². The number of rotatable bonds is 0. The summed E-state index contributed by atoms with van der Waals surface area (Å²) in [6.45, 7) is 9.23. The van der Waals surface area contributed by atoms with Crippen LogP contribution in [0.4, 0.5) is 0 Å². The minimum absolute atomic E-state index is 0.382. The second-order valence-corrected chi connectivity index (χ2v) is 5.61. The van der Waals surface area contributed by atoms with Crippen molar-refractivity contribution in [1.29, 1.82) is 0 Å². The molecule has 0 fully saturated rings. The Labute approximate surface area is 94.8 Å². The maximum Gasteiger partial charge on any atom is -0.00787 e. The average molecular weight is 204 g/mol. The van der Waals surface area contributed by atoms with Crippen LogP contribution in [-0.2, 0) is 0 Å². The van der Waals surface area contributed by atoms with E-state index in [1.165, 1.54) is 12.8 Å². The summed E-state index contributed by atoms with van der Waals surface area (Å²) in [4.78, 5) is 0. The van der Waals surface area contributed by atoms with Gasteiger partial charge in [-0.2, -0.15) is 0 Å². The van der Waals surface area contributed by atoms with Crippen LogP contribution in [0.1, 0.15) is 40.5 Å². The highest BCUT2D eigenvalue weighted by Crippen LogP contribution is 2.31. The van der Waals surface area contributed by atoms with Crippen LogP contribution in [0.25, 0.3) is 0 Å². The van der Waals surface area contributed by atoms with Crippen molar-refractivity contribution in [3.05, 3.63) is 36.5 Å². The maximum absolute atomic E-state index is 2.41. The smallest absolute Gasteiger partial charge is 0.00787 e. The van der Waals surface area contributed by atoms with E-state index in [9.17, 15) is 0 Å². The van der Waals surface area contributed by atoms with Gasteiger partial charge >= 0.3 is 0 Å². The van der Waals surface area contributed by atoms with Crippen molar-refractivity contribution in [2.75, 3.05) is 0 Å². The van der Waals surface area contributed by atoms with Crippen molar-refractivity contribution >= 4 is 0 Å². The molecule has 0 aromatic heterocycles. The molecule has 0 amide bonds.